The molecule has 108 valence electrons. The highest BCUT2D eigenvalue weighted by atomic mass is 16.4. The number of pyridine rings is 1. The van der Waals surface area contributed by atoms with Crippen molar-refractivity contribution >= 4 is 17.5 Å². The van der Waals surface area contributed by atoms with Crippen LogP contribution in [0.15, 0.2) is 30.9 Å². The maximum atomic E-state index is 10.4. The highest BCUT2D eigenvalue weighted by molar-refractivity contribution is 5.73. The SMILES string of the molecule is Cn1cnc(C[C@H](N)C(=O)O)c1.Nc1ccc(N)nc1. The standard InChI is InChI=1S/C7H11N3O2.C5H7N3/c1-10-3-5(9-4-10)2-6(8)7(11)12;6-4-1-2-5(7)8-3-4/h3-4,6H,2,8H2,1H3,(H,11,12);1-3H,6H2,(H2,7,8)/t6-;/m0./s1. The van der Waals surface area contributed by atoms with E-state index in [9.17, 15) is 4.79 Å². The summed E-state index contributed by atoms with van der Waals surface area (Å²) in [6, 6.07) is 2.51. The summed E-state index contributed by atoms with van der Waals surface area (Å²) in [6.45, 7) is 0. The zero-order chi connectivity index (χ0) is 15.1. The highest BCUT2D eigenvalue weighted by Crippen LogP contribution is 2.00. The molecule has 8 heteroatoms. The van der Waals surface area contributed by atoms with Crippen molar-refractivity contribution in [3.8, 4) is 0 Å². The first-order valence-electron chi connectivity index (χ1n) is 5.80. The van der Waals surface area contributed by atoms with E-state index in [0.29, 0.717) is 17.2 Å². The summed E-state index contributed by atoms with van der Waals surface area (Å²) in [6.07, 6.45) is 5.16. The van der Waals surface area contributed by atoms with Gasteiger partial charge in [-0.25, -0.2) is 9.97 Å². The fraction of sp³-hybridized carbons (Fsp3) is 0.250. The lowest BCUT2D eigenvalue weighted by molar-refractivity contribution is -0.138. The topological polar surface area (TPSA) is 146 Å². The number of aromatic nitrogens is 3. The van der Waals surface area contributed by atoms with Gasteiger partial charge in [0.25, 0.3) is 0 Å². The summed E-state index contributed by atoms with van der Waals surface area (Å²) in [7, 11) is 1.82. The third kappa shape index (κ3) is 5.36. The molecule has 0 radical (unpaired) electrons. The summed E-state index contributed by atoms with van der Waals surface area (Å²) in [4.78, 5) is 18.0. The first kappa shape index (κ1) is 15.4. The third-order valence-electron chi connectivity index (χ3n) is 2.31. The number of nitrogens with two attached hydrogens (primary N) is 3. The zero-order valence-electron chi connectivity index (χ0n) is 11.1. The van der Waals surface area contributed by atoms with E-state index in [1.165, 1.54) is 6.20 Å². The normalized spacial score (nSPS) is 11.3. The molecule has 0 spiro atoms. The number of hydrogen-bond acceptors (Lipinski definition) is 6. The fourth-order valence-electron chi connectivity index (χ4n) is 1.30. The van der Waals surface area contributed by atoms with Crippen LogP contribution in [-0.4, -0.2) is 31.7 Å². The number of nitrogens with zero attached hydrogens (tertiary/aromatic N) is 3. The zero-order valence-corrected chi connectivity index (χ0v) is 11.1. The van der Waals surface area contributed by atoms with Gasteiger partial charge in [0.15, 0.2) is 0 Å². The van der Waals surface area contributed by atoms with Gasteiger partial charge in [-0.3, -0.25) is 4.79 Å². The van der Waals surface area contributed by atoms with Crippen LogP contribution in [0.3, 0.4) is 0 Å². The first-order chi connectivity index (χ1) is 9.38. The predicted octanol–water partition coefficient (Wildman–Crippen LogP) is -0.379. The number of imidazole rings is 1. The van der Waals surface area contributed by atoms with Gasteiger partial charge in [-0.1, -0.05) is 0 Å². The Morgan fingerprint density at radius 1 is 1.40 bits per heavy atom. The molecule has 0 amide bonds. The molecule has 0 aliphatic rings. The van der Waals surface area contributed by atoms with Gasteiger partial charge in [-0.15, -0.1) is 0 Å². The number of carboxylic acids is 1. The fourth-order valence-corrected chi connectivity index (χ4v) is 1.30. The Labute approximate surface area is 116 Å². The Morgan fingerprint density at radius 3 is 2.50 bits per heavy atom. The largest absolute Gasteiger partial charge is 0.480 e. The lowest BCUT2D eigenvalue weighted by Crippen LogP contribution is -2.32. The van der Waals surface area contributed by atoms with Crippen molar-refractivity contribution in [3.63, 3.8) is 0 Å². The van der Waals surface area contributed by atoms with E-state index < -0.39 is 12.0 Å². The van der Waals surface area contributed by atoms with Crippen LogP contribution in [0.25, 0.3) is 0 Å². The van der Waals surface area contributed by atoms with Crippen LogP contribution in [0.4, 0.5) is 11.5 Å². The van der Waals surface area contributed by atoms with E-state index in [4.69, 9.17) is 22.3 Å². The second-order valence-electron chi connectivity index (χ2n) is 4.20. The average Bonchev–Trinajstić information content (AvgIpc) is 2.79. The van der Waals surface area contributed by atoms with Crippen LogP contribution in [-0.2, 0) is 18.3 Å². The predicted molar refractivity (Wildman–Crippen MR) is 75.6 cm³/mol. The minimum absolute atomic E-state index is 0.274. The Hall–Kier alpha value is -2.61. The van der Waals surface area contributed by atoms with E-state index in [-0.39, 0.29) is 6.42 Å². The number of nitrogen functional groups attached to an aromatic ring is 2. The maximum Gasteiger partial charge on any atom is 0.320 e. The summed E-state index contributed by atoms with van der Waals surface area (Å²) in [5.74, 6) is -0.500. The molecule has 0 saturated carbocycles. The Bertz CT molecular complexity index is 530. The number of carbonyl (C=O) groups is 1. The minimum Gasteiger partial charge on any atom is -0.480 e. The van der Waals surface area contributed by atoms with Gasteiger partial charge < -0.3 is 26.9 Å². The Morgan fingerprint density at radius 2 is 2.10 bits per heavy atom. The number of aliphatic carboxylic acids is 1. The molecule has 0 aromatic carbocycles. The summed E-state index contributed by atoms with van der Waals surface area (Å²) >= 11 is 0. The van der Waals surface area contributed by atoms with Gasteiger partial charge in [0.2, 0.25) is 0 Å². The summed E-state index contributed by atoms with van der Waals surface area (Å²) in [5, 5.41) is 8.49. The molecule has 7 N–H and O–H groups in total. The molecule has 20 heavy (non-hydrogen) atoms. The summed E-state index contributed by atoms with van der Waals surface area (Å²) < 4.78 is 1.75. The van der Waals surface area contributed by atoms with Crippen LogP contribution in [0.5, 0.6) is 0 Å². The molecule has 2 aromatic rings. The highest BCUT2D eigenvalue weighted by Gasteiger charge is 2.12. The summed E-state index contributed by atoms with van der Waals surface area (Å²) in [5.41, 5.74) is 17.2. The number of rotatable bonds is 3. The van der Waals surface area contributed by atoms with E-state index in [2.05, 4.69) is 9.97 Å². The molecule has 0 unspecified atom stereocenters. The number of hydrogen-bond donors (Lipinski definition) is 4. The number of anilines is 2. The molecule has 2 heterocycles. The molecule has 0 bridgehead atoms. The molecule has 0 aliphatic heterocycles. The van der Waals surface area contributed by atoms with Crippen molar-refractivity contribution in [2.75, 3.05) is 11.5 Å². The van der Waals surface area contributed by atoms with Gasteiger partial charge in [0, 0.05) is 19.7 Å². The van der Waals surface area contributed by atoms with Crippen molar-refractivity contribution in [2.45, 2.75) is 12.5 Å². The smallest absolute Gasteiger partial charge is 0.320 e. The van der Waals surface area contributed by atoms with E-state index in [1.54, 1.807) is 29.2 Å². The second-order valence-corrected chi connectivity index (χ2v) is 4.20. The molecule has 8 nitrogen and oxygen atoms in total. The van der Waals surface area contributed by atoms with Gasteiger partial charge >= 0.3 is 5.97 Å². The first-order valence-corrected chi connectivity index (χ1v) is 5.80. The van der Waals surface area contributed by atoms with E-state index in [0.717, 1.165) is 0 Å². The van der Waals surface area contributed by atoms with Crippen LogP contribution in [0, 0.1) is 0 Å². The van der Waals surface area contributed by atoms with Crippen LogP contribution in [0.2, 0.25) is 0 Å². The molecular formula is C12H18N6O2. The number of carboxylic acid groups (broad SMARTS) is 1. The van der Waals surface area contributed by atoms with Crippen molar-refractivity contribution < 1.29 is 9.90 Å². The quantitative estimate of drug-likeness (QED) is 0.598. The van der Waals surface area contributed by atoms with Gasteiger partial charge in [0.05, 0.1) is 23.9 Å². The number of aryl methyl sites for hydroxylation is 1. The van der Waals surface area contributed by atoms with Crippen molar-refractivity contribution in [1.82, 2.24) is 14.5 Å². The van der Waals surface area contributed by atoms with E-state index >= 15 is 0 Å². The van der Waals surface area contributed by atoms with Crippen molar-refractivity contribution in [2.24, 2.45) is 12.8 Å². The molecule has 0 aliphatic carbocycles. The molecule has 1 atom stereocenters. The average molecular weight is 278 g/mol. The minimum atomic E-state index is -0.999. The lowest BCUT2D eigenvalue weighted by atomic mass is 10.2. The van der Waals surface area contributed by atoms with Gasteiger partial charge in [-0.05, 0) is 12.1 Å². The van der Waals surface area contributed by atoms with Crippen molar-refractivity contribution in [3.05, 3.63) is 36.5 Å². The third-order valence-corrected chi connectivity index (χ3v) is 2.31. The van der Waals surface area contributed by atoms with Crippen LogP contribution < -0.4 is 17.2 Å². The monoisotopic (exact) mass is 278 g/mol. The molecule has 0 fully saturated rings. The Kier molecular flexibility index (Phi) is 5.48. The molecule has 2 rings (SSSR count). The Balaban J connectivity index is 0.000000217. The lowest BCUT2D eigenvalue weighted by Gasteiger charge is -2.01. The van der Waals surface area contributed by atoms with Crippen molar-refractivity contribution in [1.29, 1.82) is 0 Å². The maximum absolute atomic E-state index is 10.4. The second kappa shape index (κ2) is 7.10. The van der Waals surface area contributed by atoms with Crippen LogP contribution >= 0.6 is 0 Å². The molecular weight excluding hydrogens is 260 g/mol. The van der Waals surface area contributed by atoms with Crippen LogP contribution in [0.1, 0.15) is 5.69 Å². The van der Waals surface area contributed by atoms with Gasteiger partial charge in [-0.2, -0.15) is 0 Å². The molecule has 2 aromatic heterocycles. The molecule has 0 saturated heterocycles. The van der Waals surface area contributed by atoms with E-state index in [1.807, 2.05) is 7.05 Å². The van der Waals surface area contributed by atoms with Gasteiger partial charge in [0.1, 0.15) is 11.9 Å².